The van der Waals surface area contributed by atoms with Crippen LogP contribution in [0, 0.1) is 22.5 Å². The number of anilines is 2. The van der Waals surface area contributed by atoms with Crippen molar-refractivity contribution in [3.05, 3.63) is 64.2 Å². The fourth-order valence-corrected chi connectivity index (χ4v) is 1.57. The summed E-state index contributed by atoms with van der Waals surface area (Å²) in [4.78, 5) is 10.2. The molecule has 0 fully saturated rings. The lowest BCUT2D eigenvalue weighted by Gasteiger charge is -2.08. The van der Waals surface area contributed by atoms with Gasteiger partial charge in [-0.25, -0.2) is 0 Å². The van der Waals surface area contributed by atoms with Crippen molar-refractivity contribution < 1.29 is 4.92 Å². The number of nitrogens with zero attached hydrogens (tertiary/aromatic N) is 1. The Morgan fingerprint density at radius 2 is 1.94 bits per heavy atom. The highest BCUT2D eigenvalue weighted by Crippen LogP contribution is 2.23. The van der Waals surface area contributed by atoms with Gasteiger partial charge in [-0.3, -0.25) is 10.1 Å². The maximum Gasteiger partial charge on any atom is 0.271 e. The van der Waals surface area contributed by atoms with Gasteiger partial charge in [0, 0.05) is 23.4 Å². The minimum atomic E-state index is -0.432. The van der Waals surface area contributed by atoms with E-state index in [1.165, 1.54) is 12.1 Å². The van der Waals surface area contributed by atoms with Crippen LogP contribution in [-0.2, 0) is 0 Å². The van der Waals surface area contributed by atoms with Crippen molar-refractivity contribution in [3.8, 4) is 12.3 Å². The summed E-state index contributed by atoms with van der Waals surface area (Å²) < 4.78 is 0. The van der Waals surface area contributed by atoms with E-state index in [0.717, 1.165) is 5.69 Å². The molecule has 0 radical (unpaired) electrons. The average molecular weight is 238 g/mol. The Bertz CT molecular complexity index is 630. The van der Waals surface area contributed by atoms with Crippen molar-refractivity contribution in [2.24, 2.45) is 0 Å². The summed E-state index contributed by atoms with van der Waals surface area (Å²) >= 11 is 0. The summed E-state index contributed by atoms with van der Waals surface area (Å²) in [6, 6.07) is 13.6. The first kappa shape index (κ1) is 11.7. The predicted octanol–water partition coefficient (Wildman–Crippen LogP) is 3.32. The highest BCUT2D eigenvalue weighted by atomic mass is 16.6. The van der Waals surface area contributed by atoms with E-state index in [9.17, 15) is 10.1 Å². The van der Waals surface area contributed by atoms with Crippen molar-refractivity contribution in [3.63, 3.8) is 0 Å². The first-order chi connectivity index (χ1) is 8.70. The second-order valence-corrected chi connectivity index (χ2v) is 3.62. The lowest BCUT2D eigenvalue weighted by molar-refractivity contribution is -0.384. The van der Waals surface area contributed by atoms with Crippen LogP contribution >= 0.6 is 0 Å². The molecule has 0 amide bonds. The van der Waals surface area contributed by atoms with Gasteiger partial charge < -0.3 is 5.32 Å². The van der Waals surface area contributed by atoms with Crippen LogP contribution in [0.4, 0.5) is 17.1 Å². The lowest BCUT2D eigenvalue weighted by Crippen LogP contribution is -1.94. The molecule has 2 aromatic rings. The molecule has 4 heteroatoms. The molecule has 0 atom stereocenters. The van der Waals surface area contributed by atoms with Crippen molar-refractivity contribution >= 4 is 17.1 Å². The van der Waals surface area contributed by atoms with E-state index in [2.05, 4.69) is 11.2 Å². The zero-order valence-corrected chi connectivity index (χ0v) is 9.46. The van der Waals surface area contributed by atoms with Crippen LogP contribution < -0.4 is 5.32 Å². The second kappa shape index (κ2) is 5.02. The van der Waals surface area contributed by atoms with Crippen LogP contribution in [0.2, 0.25) is 0 Å². The molecule has 18 heavy (non-hydrogen) atoms. The first-order valence-electron chi connectivity index (χ1n) is 5.28. The summed E-state index contributed by atoms with van der Waals surface area (Å²) in [5, 5.41) is 13.7. The molecule has 4 nitrogen and oxygen atoms in total. The van der Waals surface area contributed by atoms with Gasteiger partial charge in [0.2, 0.25) is 0 Å². The second-order valence-electron chi connectivity index (χ2n) is 3.62. The van der Waals surface area contributed by atoms with Gasteiger partial charge in [0.25, 0.3) is 5.69 Å². The number of rotatable bonds is 3. The average Bonchev–Trinajstić information content (AvgIpc) is 2.39. The third-order valence-corrected chi connectivity index (χ3v) is 2.42. The molecule has 0 aliphatic carbocycles. The highest BCUT2D eigenvalue weighted by Gasteiger charge is 2.06. The molecule has 2 aromatic carbocycles. The third-order valence-electron chi connectivity index (χ3n) is 2.42. The number of hydrogen-bond acceptors (Lipinski definition) is 3. The zero-order valence-electron chi connectivity index (χ0n) is 9.46. The molecule has 0 unspecified atom stereocenters. The van der Waals surface area contributed by atoms with E-state index in [1.54, 1.807) is 18.2 Å². The Morgan fingerprint density at radius 3 is 2.67 bits per heavy atom. The number of benzene rings is 2. The van der Waals surface area contributed by atoms with Gasteiger partial charge in [-0.1, -0.05) is 24.1 Å². The molecule has 0 aromatic heterocycles. The molecule has 0 aliphatic heterocycles. The Balaban J connectivity index is 2.32. The number of para-hydroxylation sites is 1. The summed E-state index contributed by atoms with van der Waals surface area (Å²) in [6.07, 6.45) is 5.38. The fourth-order valence-electron chi connectivity index (χ4n) is 1.57. The monoisotopic (exact) mass is 238 g/mol. The van der Waals surface area contributed by atoms with Crippen LogP contribution in [0.25, 0.3) is 0 Å². The van der Waals surface area contributed by atoms with Crippen LogP contribution in [0.3, 0.4) is 0 Å². The summed E-state index contributed by atoms with van der Waals surface area (Å²) in [7, 11) is 0. The van der Waals surface area contributed by atoms with Gasteiger partial charge in [-0.05, 0) is 18.2 Å². The number of nitro benzene ring substituents is 1. The fraction of sp³-hybridized carbons (Fsp3) is 0. The Labute approximate surface area is 104 Å². The topological polar surface area (TPSA) is 55.2 Å². The maximum atomic E-state index is 10.7. The van der Waals surface area contributed by atoms with E-state index in [1.807, 2.05) is 18.2 Å². The smallest absolute Gasteiger partial charge is 0.271 e. The van der Waals surface area contributed by atoms with Crippen molar-refractivity contribution in [1.29, 1.82) is 0 Å². The first-order valence-corrected chi connectivity index (χ1v) is 5.28. The lowest BCUT2D eigenvalue weighted by atomic mass is 10.1. The number of terminal acetylenes is 1. The van der Waals surface area contributed by atoms with Gasteiger partial charge in [-0.2, -0.15) is 0 Å². The number of hydrogen-bond donors (Lipinski definition) is 1. The zero-order chi connectivity index (χ0) is 13.0. The van der Waals surface area contributed by atoms with Gasteiger partial charge in [0.1, 0.15) is 0 Å². The highest BCUT2D eigenvalue weighted by molar-refractivity contribution is 5.68. The van der Waals surface area contributed by atoms with Crippen molar-refractivity contribution in [2.75, 3.05) is 5.32 Å². The molecule has 0 heterocycles. The van der Waals surface area contributed by atoms with Crippen LogP contribution in [0.15, 0.2) is 48.5 Å². The van der Waals surface area contributed by atoms with Gasteiger partial charge >= 0.3 is 0 Å². The normalized spacial score (nSPS) is 9.50. The molecule has 0 aliphatic rings. The number of nitro groups is 1. The molecular formula is C14H10N2O2. The quantitative estimate of drug-likeness (QED) is 0.507. The Kier molecular flexibility index (Phi) is 3.26. The van der Waals surface area contributed by atoms with E-state index in [-0.39, 0.29) is 5.69 Å². The van der Waals surface area contributed by atoms with E-state index in [4.69, 9.17) is 6.42 Å². The number of non-ortho nitro benzene ring substituents is 1. The molecular weight excluding hydrogens is 228 g/mol. The van der Waals surface area contributed by atoms with Gasteiger partial charge in [0.05, 0.1) is 10.6 Å². The molecule has 2 rings (SSSR count). The molecule has 0 saturated heterocycles. The number of nitrogens with one attached hydrogen (secondary N) is 1. The third kappa shape index (κ3) is 2.47. The summed E-state index contributed by atoms with van der Waals surface area (Å²) in [5.41, 5.74) is 2.13. The van der Waals surface area contributed by atoms with Crippen LogP contribution in [-0.4, -0.2) is 4.92 Å². The Hall–Kier alpha value is -2.80. The van der Waals surface area contributed by atoms with E-state index >= 15 is 0 Å². The predicted molar refractivity (Wildman–Crippen MR) is 70.8 cm³/mol. The van der Waals surface area contributed by atoms with Gasteiger partial charge in [0.15, 0.2) is 0 Å². The SMILES string of the molecule is C#Cc1ccccc1Nc1cccc([N+](=O)[O-])c1. The van der Waals surface area contributed by atoms with Crippen LogP contribution in [0.1, 0.15) is 5.56 Å². The summed E-state index contributed by atoms with van der Waals surface area (Å²) in [6.45, 7) is 0. The minimum Gasteiger partial charge on any atom is -0.354 e. The molecule has 1 N–H and O–H groups in total. The Morgan fingerprint density at radius 1 is 1.17 bits per heavy atom. The standard InChI is InChI=1S/C14H10N2O2/c1-2-11-6-3-4-9-14(11)15-12-7-5-8-13(10-12)16(17)18/h1,3-10,15H. The minimum absolute atomic E-state index is 0.0400. The molecule has 0 saturated carbocycles. The largest absolute Gasteiger partial charge is 0.354 e. The van der Waals surface area contributed by atoms with Gasteiger partial charge in [-0.15, -0.1) is 6.42 Å². The molecule has 0 bridgehead atoms. The van der Waals surface area contributed by atoms with Crippen molar-refractivity contribution in [1.82, 2.24) is 0 Å². The van der Waals surface area contributed by atoms with Crippen LogP contribution in [0.5, 0.6) is 0 Å². The van der Waals surface area contributed by atoms with Crippen molar-refractivity contribution in [2.45, 2.75) is 0 Å². The molecule has 88 valence electrons. The van der Waals surface area contributed by atoms with E-state index in [0.29, 0.717) is 11.3 Å². The maximum absolute atomic E-state index is 10.7. The molecule has 0 spiro atoms. The van der Waals surface area contributed by atoms with E-state index < -0.39 is 4.92 Å². The summed E-state index contributed by atoms with van der Waals surface area (Å²) in [5.74, 6) is 2.56.